The van der Waals surface area contributed by atoms with Gasteiger partial charge in [-0.2, -0.15) is 0 Å². The van der Waals surface area contributed by atoms with Crippen LogP contribution >= 0.6 is 11.3 Å². The van der Waals surface area contributed by atoms with E-state index in [1.165, 1.54) is 16.0 Å². The van der Waals surface area contributed by atoms with E-state index >= 15 is 0 Å². The van der Waals surface area contributed by atoms with Crippen molar-refractivity contribution in [1.82, 2.24) is 5.32 Å². The van der Waals surface area contributed by atoms with Gasteiger partial charge in [0.15, 0.2) is 0 Å². The maximum atomic E-state index is 5.68. The van der Waals surface area contributed by atoms with Crippen molar-refractivity contribution < 1.29 is 4.74 Å². The second-order valence-corrected chi connectivity index (χ2v) is 5.64. The molecule has 0 fully saturated rings. The van der Waals surface area contributed by atoms with Gasteiger partial charge in [-0.3, -0.25) is 0 Å². The quantitative estimate of drug-likeness (QED) is 0.908. The molecule has 18 heavy (non-hydrogen) atoms. The summed E-state index contributed by atoms with van der Waals surface area (Å²) in [5.74, 6) is 1.03. The highest BCUT2D eigenvalue weighted by molar-refractivity contribution is 7.10. The summed E-state index contributed by atoms with van der Waals surface area (Å²) < 4.78 is 5.68. The lowest BCUT2D eigenvalue weighted by Gasteiger charge is -2.26. The first-order chi connectivity index (χ1) is 8.84. The monoisotopic (exact) mass is 259 g/mol. The fourth-order valence-corrected chi connectivity index (χ4v) is 3.21. The zero-order chi connectivity index (χ0) is 12.4. The SMILES string of the molecule is Cc1ccsc1CNC1CCOc2ccccc21. The molecule has 2 nitrogen and oxygen atoms in total. The molecule has 0 bridgehead atoms. The number of rotatable bonds is 3. The van der Waals surface area contributed by atoms with Crippen LogP contribution in [0.4, 0.5) is 0 Å². The van der Waals surface area contributed by atoms with E-state index in [9.17, 15) is 0 Å². The minimum Gasteiger partial charge on any atom is -0.493 e. The second-order valence-electron chi connectivity index (χ2n) is 4.64. The van der Waals surface area contributed by atoms with Crippen LogP contribution in [0.2, 0.25) is 0 Å². The van der Waals surface area contributed by atoms with Gasteiger partial charge in [0.2, 0.25) is 0 Å². The van der Waals surface area contributed by atoms with Crippen molar-refractivity contribution >= 4 is 11.3 Å². The molecule has 1 aliphatic heterocycles. The summed E-state index contributed by atoms with van der Waals surface area (Å²) in [6.07, 6.45) is 1.04. The normalized spacial score (nSPS) is 18.2. The first-order valence-corrected chi connectivity index (χ1v) is 7.20. The molecule has 0 spiro atoms. The molecular weight excluding hydrogens is 242 g/mol. The molecule has 2 aromatic rings. The fourth-order valence-electron chi connectivity index (χ4n) is 2.36. The second kappa shape index (κ2) is 5.12. The van der Waals surface area contributed by atoms with Crippen LogP contribution in [0.25, 0.3) is 0 Å². The smallest absolute Gasteiger partial charge is 0.124 e. The van der Waals surface area contributed by atoms with E-state index in [-0.39, 0.29) is 0 Å². The lowest BCUT2D eigenvalue weighted by Crippen LogP contribution is -2.26. The van der Waals surface area contributed by atoms with Crippen molar-refractivity contribution in [3.05, 3.63) is 51.7 Å². The van der Waals surface area contributed by atoms with Gasteiger partial charge in [0, 0.05) is 29.4 Å². The lowest BCUT2D eigenvalue weighted by atomic mass is 10.0. The first-order valence-electron chi connectivity index (χ1n) is 6.32. The highest BCUT2D eigenvalue weighted by atomic mass is 32.1. The number of ether oxygens (including phenoxy) is 1. The Bertz CT molecular complexity index is 535. The summed E-state index contributed by atoms with van der Waals surface area (Å²) >= 11 is 1.83. The van der Waals surface area contributed by atoms with Gasteiger partial charge >= 0.3 is 0 Å². The summed E-state index contributed by atoms with van der Waals surface area (Å²) in [6.45, 7) is 3.92. The Kier molecular flexibility index (Phi) is 3.35. The molecule has 1 aliphatic rings. The molecule has 1 unspecified atom stereocenters. The highest BCUT2D eigenvalue weighted by Crippen LogP contribution is 2.32. The van der Waals surface area contributed by atoms with Crippen LogP contribution in [0.1, 0.15) is 28.5 Å². The van der Waals surface area contributed by atoms with Crippen LogP contribution in [0.15, 0.2) is 35.7 Å². The maximum Gasteiger partial charge on any atom is 0.124 e. The van der Waals surface area contributed by atoms with E-state index in [1.54, 1.807) is 0 Å². The van der Waals surface area contributed by atoms with Gasteiger partial charge in [0.05, 0.1) is 6.61 Å². The van der Waals surface area contributed by atoms with Gasteiger partial charge in [0.25, 0.3) is 0 Å². The molecule has 0 aliphatic carbocycles. The van der Waals surface area contributed by atoms with E-state index in [1.807, 2.05) is 17.4 Å². The minimum atomic E-state index is 0.413. The van der Waals surface area contributed by atoms with Gasteiger partial charge in [-0.15, -0.1) is 11.3 Å². The first kappa shape index (κ1) is 11.8. The van der Waals surface area contributed by atoms with Crippen LogP contribution in [0.5, 0.6) is 5.75 Å². The number of nitrogens with one attached hydrogen (secondary N) is 1. The molecule has 0 radical (unpaired) electrons. The van der Waals surface area contributed by atoms with Crippen molar-refractivity contribution in [3.63, 3.8) is 0 Å². The summed E-state index contributed by atoms with van der Waals surface area (Å²) in [4.78, 5) is 1.43. The number of thiophene rings is 1. The lowest BCUT2D eigenvalue weighted by molar-refractivity contribution is 0.252. The Morgan fingerprint density at radius 2 is 2.22 bits per heavy atom. The van der Waals surface area contributed by atoms with E-state index < -0.39 is 0 Å². The van der Waals surface area contributed by atoms with E-state index in [0.29, 0.717) is 6.04 Å². The number of benzene rings is 1. The van der Waals surface area contributed by atoms with Crippen LogP contribution in [0, 0.1) is 6.92 Å². The zero-order valence-electron chi connectivity index (χ0n) is 10.5. The predicted molar refractivity (Wildman–Crippen MR) is 75.2 cm³/mol. The van der Waals surface area contributed by atoms with E-state index in [4.69, 9.17) is 4.74 Å². The molecule has 94 valence electrons. The van der Waals surface area contributed by atoms with E-state index in [0.717, 1.165) is 25.3 Å². The molecule has 1 atom stereocenters. The number of aryl methyl sites for hydroxylation is 1. The molecular formula is C15H17NOS. The minimum absolute atomic E-state index is 0.413. The summed E-state index contributed by atoms with van der Waals surface area (Å²) in [6, 6.07) is 10.9. The highest BCUT2D eigenvalue weighted by Gasteiger charge is 2.20. The zero-order valence-corrected chi connectivity index (χ0v) is 11.3. The number of fused-ring (bicyclic) bond motifs is 1. The molecule has 3 rings (SSSR count). The Balaban J connectivity index is 1.73. The summed E-state index contributed by atoms with van der Waals surface area (Å²) in [5.41, 5.74) is 2.67. The van der Waals surface area contributed by atoms with Crippen LogP contribution in [0.3, 0.4) is 0 Å². The van der Waals surface area contributed by atoms with Crippen molar-refractivity contribution in [2.75, 3.05) is 6.61 Å². The average Bonchev–Trinajstić information content (AvgIpc) is 2.82. The van der Waals surface area contributed by atoms with Gasteiger partial charge in [-0.1, -0.05) is 18.2 Å². The molecule has 3 heteroatoms. The Morgan fingerprint density at radius 1 is 1.33 bits per heavy atom. The fraction of sp³-hybridized carbons (Fsp3) is 0.333. The molecule has 1 aromatic carbocycles. The van der Waals surface area contributed by atoms with Gasteiger partial charge in [0.1, 0.15) is 5.75 Å². The van der Waals surface area contributed by atoms with Crippen molar-refractivity contribution in [2.45, 2.75) is 25.9 Å². The van der Waals surface area contributed by atoms with Gasteiger partial charge in [-0.05, 0) is 30.0 Å². The molecule has 0 saturated carbocycles. The largest absolute Gasteiger partial charge is 0.493 e. The Morgan fingerprint density at radius 3 is 3.06 bits per heavy atom. The Labute approximate surface area is 112 Å². The average molecular weight is 259 g/mol. The topological polar surface area (TPSA) is 21.3 Å². The molecule has 0 saturated heterocycles. The van der Waals surface area contributed by atoms with Crippen LogP contribution < -0.4 is 10.1 Å². The van der Waals surface area contributed by atoms with Crippen molar-refractivity contribution in [3.8, 4) is 5.75 Å². The van der Waals surface area contributed by atoms with Gasteiger partial charge < -0.3 is 10.1 Å². The predicted octanol–water partition coefficient (Wildman–Crippen LogP) is 3.67. The maximum absolute atomic E-state index is 5.68. The third kappa shape index (κ3) is 2.28. The number of hydrogen-bond donors (Lipinski definition) is 1. The van der Waals surface area contributed by atoms with Crippen molar-refractivity contribution in [2.24, 2.45) is 0 Å². The van der Waals surface area contributed by atoms with Gasteiger partial charge in [-0.25, -0.2) is 0 Å². The molecule has 1 N–H and O–H groups in total. The number of hydrogen-bond acceptors (Lipinski definition) is 3. The van der Waals surface area contributed by atoms with Crippen LogP contribution in [-0.2, 0) is 6.54 Å². The van der Waals surface area contributed by atoms with Crippen molar-refractivity contribution in [1.29, 1.82) is 0 Å². The Hall–Kier alpha value is -1.32. The molecule has 2 heterocycles. The standard InChI is InChI=1S/C15H17NOS/c1-11-7-9-18-15(11)10-16-13-6-8-17-14-5-3-2-4-12(13)14/h2-5,7,9,13,16H,6,8,10H2,1H3. The molecule has 0 amide bonds. The third-order valence-corrected chi connectivity index (χ3v) is 4.46. The summed E-state index contributed by atoms with van der Waals surface area (Å²) in [7, 11) is 0. The number of para-hydroxylation sites is 1. The summed E-state index contributed by atoms with van der Waals surface area (Å²) in [5, 5.41) is 5.81. The van der Waals surface area contributed by atoms with Crippen LogP contribution in [-0.4, -0.2) is 6.61 Å². The van der Waals surface area contributed by atoms with E-state index in [2.05, 4.69) is 41.9 Å². The third-order valence-electron chi connectivity index (χ3n) is 3.44. The molecule has 1 aromatic heterocycles.